The number of carbonyl (C=O) groups excluding carboxylic acids is 2. The van der Waals surface area contributed by atoms with Crippen molar-refractivity contribution in [3.05, 3.63) is 57.6 Å². The number of nitrogens with zero attached hydrogens (tertiary/aromatic N) is 1. The predicted octanol–water partition coefficient (Wildman–Crippen LogP) is 6.60. The lowest BCUT2D eigenvalue weighted by Crippen LogP contribution is -2.38. The molecule has 0 saturated heterocycles. The van der Waals surface area contributed by atoms with Gasteiger partial charge in [-0.15, -0.1) is 0 Å². The first-order chi connectivity index (χ1) is 14.0. The van der Waals surface area contributed by atoms with Crippen LogP contribution in [-0.2, 0) is 9.53 Å². The summed E-state index contributed by atoms with van der Waals surface area (Å²) in [6.45, 7) is 9.04. The van der Waals surface area contributed by atoms with Gasteiger partial charge in [-0.1, -0.05) is 29.3 Å². The molecule has 0 bridgehead atoms. The normalized spacial score (nSPS) is 15.0. The van der Waals surface area contributed by atoms with E-state index in [2.05, 4.69) is 0 Å². The molecule has 0 unspecified atom stereocenters. The molecular weight excluding hydrogens is 425 g/mol. The first kappa shape index (κ1) is 22.2. The molecule has 158 valence electrons. The van der Waals surface area contributed by atoms with Gasteiger partial charge in [0.1, 0.15) is 11.4 Å². The summed E-state index contributed by atoms with van der Waals surface area (Å²) >= 11 is 12.3. The minimum absolute atomic E-state index is 0.0630. The summed E-state index contributed by atoms with van der Waals surface area (Å²) in [5.74, 6) is 0.0814. The van der Waals surface area contributed by atoms with Crippen LogP contribution in [0.2, 0.25) is 10.0 Å². The molecule has 2 amide bonds. The third-order valence-electron chi connectivity index (χ3n) is 4.13. The van der Waals surface area contributed by atoms with Crippen LogP contribution in [0.3, 0.4) is 0 Å². The van der Waals surface area contributed by atoms with E-state index in [0.717, 1.165) is 4.90 Å². The molecule has 1 aliphatic rings. The maximum atomic E-state index is 13.3. The van der Waals surface area contributed by atoms with E-state index in [9.17, 15) is 9.59 Å². The molecular formula is C23H23Cl2NO4. The van der Waals surface area contributed by atoms with Gasteiger partial charge in [0.2, 0.25) is 0 Å². The van der Waals surface area contributed by atoms with Crippen molar-refractivity contribution in [2.75, 3.05) is 4.90 Å². The predicted molar refractivity (Wildman–Crippen MR) is 120 cm³/mol. The summed E-state index contributed by atoms with van der Waals surface area (Å²) < 4.78 is 11.3. The molecule has 0 aromatic heterocycles. The van der Waals surface area contributed by atoms with Gasteiger partial charge in [-0.2, -0.15) is 0 Å². The Labute approximate surface area is 186 Å². The van der Waals surface area contributed by atoms with Crippen molar-refractivity contribution in [2.45, 2.75) is 46.3 Å². The zero-order valence-corrected chi connectivity index (χ0v) is 19.0. The Morgan fingerprint density at radius 3 is 2.33 bits per heavy atom. The number of fused-ring (bicyclic) bond motifs is 1. The molecule has 3 rings (SSSR count). The first-order valence-electron chi connectivity index (χ1n) is 9.51. The molecule has 0 atom stereocenters. The van der Waals surface area contributed by atoms with E-state index in [1.807, 2.05) is 13.8 Å². The van der Waals surface area contributed by atoms with Crippen LogP contribution >= 0.6 is 23.2 Å². The van der Waals surface area contributed by atoms with Gasteiger partial charge in [-0.25, -0.2) is 9.69 Å². The standard InChI is InChI=1S/C23H23Cl2NO4/c1-13(2)29-20-9-7-15(24)10-14(20)11-18-17-8-6-16(25)12-19(17)26(21(18)27)22(28)30-23(3,4)5/h6-13H,1-5H3/b18-11-. The number of halogens is 2. The van der Waals surface area contributed by atoms with Gasteiger partial charge in [0.25, 0.3) is 5.91 Å². The quantitative estimate of drug-likeness (QED) is 0.497. The van der Waals surface area contributed by atoms with Gasteiger partial charge >= 0.3 is 6.09 Å². The van der Waals surface area contributed by atoms with E-state index >= 15 is 0 Å². The van der Waals surface area contributed by atoms with Crippen molar-refractivity contribution in [1.29, 1.82) is 0 Å². The number of rotatable bonds is 3. The van der Waals surface area contributed by atoms with Crippen LogP contribution in [0, 0.1) is 0 Å². The Balaban J connectivity index is 2.13. The Kier molecular flexibility index (Phi) is 6.16. The first-order valence-corrected chi connectivity index (χ1v) is 10.3. The van der Waals surface area contributed by atoms with Gasteiger partial charge in [0.05, 0.1) is 17.4 Å². The fourth-order valence-corrected chi connectivity index (χ4v) is 3.39. The van der Waals surface area contributed by atoms with Crippen LogP contribution in [-0.4, -0.2) is 23.7 Å². The van der Waals surface area contributed by atoms with E-state index in [0.29, 0.717) is 38.2 Å². The third kappa shape index (κ3) is 4.79. The van der Waals surface area contributed by atoms with E-state index in [1.54, 1.807) is 63.2 Å². The molecule has 30 heavy (non-hydrogen) atoms. The number of hydrogen-bond acceptors (Lipinski definition) is 4. The van der Waals surface area contributed by atoms with Crippen molar-refractivity contribution in [3.8, 4) is 5.75 Å². The lowest BCUT2D eigenvalue weighted by atomic mass is 10.0. The van der Waals surface area contributed by atoms with Crippen LogP contribution in [0.25, 0.3) is 11.6 Å². The van der Waals surface area contributed by atoms with Crippen LogP contribution in [0.1, 0.15) is 45.7 Å². The average molecular weight is 448 g/mol. The molecule has 0 aliphatic carbocycles. The summed E-state index contributed by atoms with van der Waals surface area (Å²) in [7, 11) is 0. The molecule has 7 heteroatoms. The van der Waals surface area contributed by atoms with Gasteiger partial charge < -0.3 is 9.47 Å². The minimum Gasteiger partial charge on any atom is -0.490 e. The van der Waals surface area contributed by atoms with Crippen molar-refractivity contribution in [3.63, 3.8) is 0 Å². The highest BCUT2D eigenvalue weighted by molar-refractivity contribution is 6.42. The topological polar surface area (TPSA) is 55.8 Å². The summed E-state index contributed by atoms with van der Waals surface area (Å²) in [5.41, 5.74) is 1.15. The molecule has 1 aliphatic heterocycles. The Bertz CT molecular complexity index is 1040. The minimum atomic E-state index is -0.760. The Morgan fingerprint density at radius 2 is 1.70 bits per heavy atom. The number of ether oxygens (including phenoxy) is 2. The van der Waals surface area contributed by atoms with Crippen molar-refractivity contribution >= 4 is 52.5 Å². The second-order valence-corrected chi connectivity index (χ2v) is 9.06. The summed E-state index contributed by atoms with van der Waals surface area (Å²) in [6.07, 6.45) is 0.847. The van der Waals surface area contributed by atoms with Gasteiger partial charge in [-0.05, 0) is 71.0 Å². The summed E-state index contributed by atoms with van der Waals surface area (Å²) in [4.78, 5) is 27.0. The number of amides is 2. The summed E-state index contributed by atoms with van der Waals surface area (Å²) in [5, 5.41) is 0.909. The van der Waals surface area contributed by atoms with Crippen LogP contribution in [0.15, 0.2) is 36.4 Å². The van der Waals surface area contributed by atoms with E-state index in [1.165, 1.54) is 0 Å². The van der Waals surface area contributed by atoms with Crippen LogP contribution < -0.4 is 9.64 Å². The molecule has 0 radical (unpaired) electrons. The Hall–Kier alpha value is -2.50. The largest absolute Gasteiger partial charge is 0.490 e. The third-order valence-corrected chi connectivity index (χ3v) is 4.60. The Morgan fingerprint density at radius 1 is 1.07 bits per heavy atom. The van der Waals surface area contributed by atoms with Crippen LogP contribution in [0.5, 0.6) is 5.75 Å². The summed E-state index contributed by atoms with van der Waals surface area (Å²) in [6, 6.07) is 10.1. The van der Waals surface area contributed by atoms with Gasteiger partial charge in [0, 0.05) is 21.2 Å². The molecule has 5 nitrogen and oxygen atoms in total. The van der Waals surface area contributed by atoms with Gasteiger partial charge in [0.15, 0.2) is 0 Å². The molecule has 0 fully saturated rings. The number of hydrogen-bond donors (Lipinski definition) is 0. The van der Waals surface area contributed by atoms with Gasteiger partial charge in [-0.3, -0.25) is 4.79 Å². The van der Waals surface area contributed by atoms with E-state index in [4.69, 9.17) is 32.7 Å². The lowest BCUT2D eigenvalue weighted by molar-refractivity contribution is -0.112. The smallest absolute Gasteiger partial charge is 0.422 e. The number of carbonyl (C=O) groups is 2. The van der Waals surface area contributed by atoms with E-state index < -0.39 is 17.6 Å². The monoisotopic (exact) mass is 447 g/mol. The van der Waals surface area contributed by atoms with Crippen molar-refractivity contribution in [2.24, 2.45) is 0 Å². The molecule has 1 heterocycles. The molecule has 2 aromatic rings. The number of imide groups is 1. The molecule has 0 saturated carbocycles. The fourth-order valence-electron chi connectivity index (χ4n) is 3.04. The van der Waals surface area contributed by atoms with Crippen LogP contribution in [0.4, 0.5) is 10.5 Å². The molecule has 0 spiro atoms. The fraction of sp³-hybridized carbons (Fsp3) is 0.304. The second-order valence-electron chi connectivity index (χ2n) is 8.19. The number of benzene rings is 2. The highest BCUT2D eigenvalue weighted by Gasteiger charge is 2.39. The SMILES string of the molecule is CC(C)Oc1ccc(Cl)cc1/C=C1\C(=O)N(C(=O)OC(C)(C)C)c2cc(Cl)ccc21. The maximum absolute atomic E-state index is 13.3. The lowest BCUT2D eigenvalue weighted by Gasteiger charge is -2.23. The molecule has 2 aromatic carbocycles. The average Bonchev–Trinajstić information content (AvgIpc) is 2.86. The molecule has 0 N–H and O–H groups in total. The second kappa shape index (κ2) is 8.32. The zero-order valence-electron chi connectivity index (χ0n) is 17.5. The van der Waals surface area contributed by atoms with Crippen molar-refractivity contribution in [1.82, 2.24) is 0 Å². The highest BCUT2D eigenvalue weighted by Crippen LogP contribution is 2.41. The van der Waals surface area contributed by atoms with E-state index in [-0.39, 0.29) is 6.10 Å². The highest BCUT2D eigenvalue weighted by atomic mass is 35.5. The zero-order chi connectivity index (χ0) is 22.2. The van der Waals surface area contributed by atoms with Crippen molar-refractivity contribution < 1.29 is 19.1 Å². The number of anilines is 1. The maximum Gasteiger partial charge on any atom is 0.422 e.